The molecule has 0 bridgehead atoms. The van der Waals surface area contributed by atoms with Gasteiger partial charge < -0.3 is 20.1 Å². The molecule has 7 nitrogen and oxygen atoms in total. The lowest BCUT2D eigenvalue weighted by Crippen LogP contribution is -2.38. The molecule has 0 atom stereocenters. The molecule has 24 heavy (non-hydrogen) atoms. The van der Waals surface area contributed by atoms with Crippen LogP contribution in [0.1, 0.15) is 23.7 Å². The number of rotatable bonds is 9. The van der Waals surface area contributed by atoms with Crippen molar-refractivity contribution in [2.45, 2.75) is 18.2 Å². The first kappa shape index (κ1) is 19.8. The van der Waals surface area contributed by atoms with E-state index < -0.39 is 18.5 Å². The molecule has 1 rings (SSSR count). The average Bonchev–Trinajstić information content (AvgIpc) is 2.61. The third-order valence-electron chi connectivity index (χ3n) is 2.98. The fourth-order valence-electron chi connectivity index (χ4n) is 1.73. The Bertz CT molecular complexity index is 592. The van der Waals surface area contributed by atoms with E-state index in [1.807, 2.05) is 13.2 Å². The molecule has 0 saturated heterocycles. The predicted molar refractivity (Wildman–Crippen MR) is 91.4 cm³/mol. The van der Waals surface area contributed by atoms with Gasteiger partial charge in [0.05, 0.1) is 13.7 Å². The number of ether oxygens (including phenoxy) is 2. The number of hydrogen-bond donors (Lipinski definition) is 2. The molecular weight excluding hydrogens is 332 g/mol. The van der Waals surface area contributed by atoms with E-state index >= 15 is 0 Å². The number of amides is 2. The number of benzene rings is 1. The van der Waals surface area contributed by atoms with Gasteiger partial charge in [0, 0.05) is 11.4 Å². The minimum absolute atomic E-state index is 0.151. The maximum Gasteiger partial charge on any atom is 0.342 e. The third kappa shape index (κ3) is 6.49. The number of methoxy groups -OCH3 is 1. The Morgan fingerprint density at radius 2 is 1.92 bits per heavy atom. The highest BCUT2D eigenvalue weighted by atomic mass is 32.2. The molecule has 0 aliphatic heterocycles. The molecule has 8 heteroatoms. The second kappa shape index (κ2) is 10.5. The number of hydrogen-bond acceptors (Lipinski definition) is 6. The van der Waals surface area contributed by atoms with Crippen LogP contribution in [0.2, 0.25) is 0 Å². The van der Waals surface area contributed by atoms with Crippen molar-refractivity contribution in [1.29, 1.82) is 0 Å². The van der Waals surface area contributed by atoms with Crippen molar-refractivity contribution >= 4 is 29.5 Å². The Morgan fingerprint density at radius 1 is 1.17 bits per heavy atom. The van der Waals surface area contributed by atoms with Gasteiger partial charge in [-0.25, -0.2) is 4.79 Å². The molecule has 1 aromatic rings. The van der Waals surface area contributed by atoms with Crippen LogP contribution in [0.25, 0.3) is 0 Å². The standard InChI is InChI=1S/C16H22N2O5S/c1-4-7-17-14(19)9-18-15(20)10-23-16(21)12-6-5-11(24-3)8-13(12)22-2/h5-6,8H,4,7,9-10H2,1-3H3,(H,17,19)(H,18,20). The number of carbonyl (C=O) groups is 3. The smallest absolute Gasteiger partial charge is 0.342 e. The number of nitrogens with one attached hydrogen (secondary N) is 2. The lowest BCUT2D eigenvalue weighted by atomic mass is 10.2. The van der Waals surface area contributed by atoms with Crippen molar-refractivity contribution in [2.24, 2.45) is 0 Å². The van der Waals surface area contributed by atoms with E-state index in [9.17, 15) is 14.4 Å². The summed E-state index contributed by atoms with van der Waals surface area (Å²) in [6.45, 7) is 1.86. The quantitative estimate of drug-likeness (QED) is 0.511. The summed E-state index contributed by atoms with van der Waals surface area (Å²) in [4.78, 5) is 36.0. The van der Waals surface area contributed by atoms with Crippen LogP contribution in [0.5, 0.6) is 5.75 Å². The van der Waals surface area contributed by atoms with Crippen LogP contribution in [-0.2, 0) is 14.3 Å². The van der Waals surface area contributed by atoms with Crippen molar-refractivity contribution in [3.63, 3.8) is 0 Å². The van der Waals surface area contributed by atoms with Crippen LogP contribution in [0.3, 0.4) is 0 Å². The summed E-state index contributed by atoms with van der Waals surface area (Å²) in [7, 11) is 1.46. The van der Waals surface area contributed by atoms with Gasteiger partial charge in [-0.3, -0.25) is 9.59 Å². The molecule has 1 aromatic carbocycles. The SMILES string of the molecule is CCCNC(=O)CNC(=O)COC(=O)c1ccc(SC)cc1OC. The van der Waals surface area contributed by atoms with E-state index in [-0.39, 0.29) is 18.0 Å². The van der Waals surface area contributed by atoms with Gasteiger partial charge in [-0.2, -0.15) is 0 Å². The van der Waals surface area contributed by atoms with Gasteiger partial charge in [-0.15, -0.1) is 11.8 Å². The molecule has 2 amide bonds. The molecule has 2 N–H and O–H groups in total. The maximum absolute atomic E-state index is 12.0. The Balaban J connectivity index is 2.48. The highest BCUT2D eigenvalue weighted by molar-refractivity contribution is 7.98. The monoisotopic (exact) mass is 354 g/mol. The van der Waals surface area contributed by atoms with Gasteiger partial charge in [0.15, 0.2) is 6.61 Å². The molecule has 132 valence electrons. The van der Waals surface area contributed by atoms with Crippen LogP contribution >= 0.6 is 11.8 Å². The lowest BCUT2D eigenvalue weighted by molar-refractivity contribution is -0.127. The maximum atomic E-state index is 12.0. The van der Waals surface area contributed by atoms with Gasteiger partial charge >= 0.3 is 5.97 Å². The summed E-state index contributed by atoms with van der Waals surface area (Å²) in [5, 5.41) is 5.01. The van der Waals surface area contributed by atoms with Gasteiger partial charge in [0.25, 0.3) is 5.91 Å². The zero-order valence-electron chi connectivity index (χ0n) is 14.0. The first-order valence-electron chi connectivity index (χ1n) is 7.44. The molecule has 0 radical (unpaired) electrons. The fourth-order valence-corrected chi connectivity index (χ4v) is 2.16. The second-order valence-electron chi connectivity index (χ2n) is 4.77. The molecule has 0 aromatic heterocycles. The topological polar surface area (TPSA) is 93.7 Å². The van der Waals surface area contributed by atoms with Crippen molar-refractivity contribution in [2.75, 3.05) is 33.1 Å². The van der Waals surface area contributed by atoms with Crippen LogP contribution in [-0.4, -0.2) is 50.8 Å². The number of carbonyl (C=O) groups excluding carboxylic acids is 3. The molecule has 0 fully saturated rings. The minimum atomic E-state index is -0.662. The van der Waals surface area contributed by atoms with Gasteiger partial charge in [0.1, 0.15) is 11.3 Å². The van der Waals surface area contributed by atoms with E-state index in [1.165, 1.54) is 18.9 Å². The lowest BCUT2D eigenvalue weighted by Gasteiger charge is -2.10. The highest BCUT2D eigenvalue weighted by Crippen LogP contribution is 2.25. The van der Waals surface area contributed by atoms with Gasteiger partial charge in [-0.1, -0.05) is 6.92 Å². The van der Waals surface area contributed by atoms with E-state index in [2.05, 4.69) is 10.6 Å². The zero-order chi connectivity index (χ0) is 17.9. The first-order chi connectivity index (χ1) is 11.5. The first-order valence-corrected chi connectivity index (χ1v) is 8.66. The Kier molecular flexibility index (Phi) is 8.70. The zero-order valence-corrected chi connectivity index (χ0v) is 14.8. The van der Waals surface area contributed by atoms with E-state index in [1.54, 1.807) is 18.2 Å². The predicted octanol–water partition coefficient (Wildman–Crippen LogP) is 1.22. The largest absolute Gasteiger partial charge is 0.496 e. The Labute approximate surface area is 145 Å². The summed E-state index contributed by atoms with van der Waals surface area (Å²) in [6.07, 6.45) is 2.72. The Morgan fingerprint density at radius 3 is 2.54 bits per heavy atom. The van der Waals surface area contributed by atoms with Crippen molar-refractivity contribution in [1.82, 2.24) is 10.6 Å². The van der Waals surface area contributed by atoms with Crippen LogP contribution in [0, 0.1) is 0 Å². The molecule has 0 spiro atoms. The normalized spacial score (nSPS) is 9.96. The summed E-state index contributed by atoms with van der Waals surface area (Å²) in [6, 6.07) is 5.07. The van der Waals surface area contributed by atoms with Crippen molar-refractivity contribution in [3.05, 3.63) is 23.8 Å². The summed E-state index contributed by atoms with van der Waals surface area (Å²) in [5.41, 5.74) is 0.240. The Hall–Kier alpha value is -2.22. The van der Waals surface area contributed by atoms with E-state index in [0.29, 0.717) is 12.3 Å². The number of esters is 1. The fraction of sp³-hybridized carbons (Fsp3) is 0.438. The number of thioether (sulfide) groups is 1. The summed E-state index contributed by atoms with van der Waals surface area (Å²) in [5.74, 6) is -1.11. The van der Waals surface area contributed by atoms with Crippen LogP contribution in [0.4, 0.5) is 0 Å². The summed E-state index contributed by atoms with van der Waals surface area (Å²) < 4.78 is 10.1. The second-order valence-corrected chi connectivity index (χ2v) is 5.65. The van der Waals surface area contributed by atoms with Gasteiger partial charge in [0.2, 0.25) is 5.91 Å². The molecular formula is C16H22N2O5S. The third-order valence-corrected chi connectivity index (χ3v) is 3.71. The van der Waals surface area contributed by atoms with Crippen LogP contribution < -0.4 is 15.4 Å². The van der Waals surface area contributed by atoms with E-state index in [4.69, 9.17) is 9.47 Å². The highest BCUT2D eigenvalue weighted by Gasteiger charge is 2.16. The summed E-state index contributed by atoms with van der Waals surface area (Å²) >= 11 is 1.52. The molecule has 0 aliphatic rings. The van der Waals surface area contributed by atoms with Gasteiger partial charge in [-0.05, 0) is 30.9 Å². The minimum Gasteiger partial charge on any atom is -0.496 e. The molecule has 0 saturated carbocycles. The van der Waals surface area contributed by atoms with E-state index in [0.717, 1.165) is 11.3 Å². The molecule has 0 heterocycles. The molecule has 0 unspecified atom stereocenters. The van der Waals surface area contributed by atoms with Crippen LogP contribution in [0.15, 0.2) is 23.1 Å². The van der Waals surface area contributed by atoms with Crippen molar-refractivity contribution in [3.8, 4) is 5.75 Å². The molecule has 0 aliphatic carbocycles. The average molecular weight is 354 g/mol. The van der Waals surface area contributed by atoms with Crippen molar-refractivity contribution < 1.29 is 23.9 Å².